The van der Waals surface area contributed by atoms with E-state index in [-0.39, 0.29) is 0 Å². The largest absolute Gasteiger partial charge is 0.381 e. The summed E-state index contributed by atoms with van der Waals surface area (Å²) in [7, 11) is 0. The first-order valence-electron chi connectivity index (χ1n) is 6.48. The fraction of sp³-hybridized carbons (Fsp3) is 0.571. The van der Waals surface area contributed by atoms with Gasteiger partial charge in [0.2, 0.25) is 0 Å². The maximum absolute atomic E-state index is 5.85. The molecule has 0 aliphatic heterocycles. The first-order chi connectivity index (χ1) is 8.26. The second-order valence-electron chi connectivity index (χ2n) is 4.43. The van der Waals surface area contributed by atoms with Gasteiger partial charge in [0.25, 0.3) is 0 Å². The Morgan fingerprint density at radius 1 is 1.18 bits per heavy atom. The lowest BCUT2D eigenvalue weighted by Gasteiger charge is -2.18. The van der Waals surface area contributed by atoms with E-state index in [9.17, 15) is 0 Å². The van der Waals surface area contributed by atoms with E-state index in [0.29, 0.717) is 12.6 Å². The molecule has 3 heteroatoms. The van der Waals surface area contributed by atoms with Gasteiger partial charge in [0.1, 0.15) is 0 Å². The normalized spacial score (nSPS) is 12.4. The molecule has 1 aromatic carbocycles. The summed E-state index contributed by atoms with van der Waals surface area (Å²) in [4.78, 5) is 0. The van der Waals surface area contributed by atoms with Gasteiger partial charge in [-0.2, -0.15) is 0 Å². The summed E-state index contributed by atoms with van der Waals surface area (Å²) >= 11 is 5.85. The number of hydrogen-bond donors (Lipinski definition) is 2. The quantitative estimate of drug-likeness (QED) is 0.687. The van der Waals surface area contributed by atoms with Gasteiger partial charge in [-0.15, -0.1) is 0 Å². The molecule has 0 heterocycles. The second kappa shape index (κ2) is 8.37. The van der Waals surface area contributed by atoms with E-state index in [1.807, 2.05) is 24.3 Å². The van der Waals surface area contributed by atoms with E-state index >= 15 is 0 Å². The van der Waals surface area contributed by atoms with Crippen LogP contribution in [0.3, 0.4) is 0 Å². The molecule has 1 unspecified atom stereocenters. The zero-order chi connectivity index (χ0) is 12.5. The van der Waals surface area contributed by atoms with Gasteiger partial charge < -0.3 is 11.1 Å². The Labute approximate surface area is 110 Å². The average Bonchev–Trinajstić information content (AvgIpc) is 2.35. The lowest BCUT2D eigenvalue weighted by molar-refractivity contribution is 0.575. The highest BCUT2D eigenvalue weighted by Gasteiger charge is 2.05. The average molecular weight is 255 g/mol. The van der Waals surface area contributed by atoms with E-state index in [2.05, 4.69) is 12.2 Å². The summed E-state index contributed by atoms with van der Waals surface area (Å²) in [5, 5.41) is 4.22. The highest BCUT2D eigenvalue weighted by molar-refractivity contribution is 6.30. The number of hydrogen-bond acceptors (Lipinski definition) is 2. The van der Waals surface area contributed by atoms with Crippen molar-refractivity contribution in [3.05, 3.63) is 29.3 Å². The Balaban J connectivity index is 2.33. The minimum absolute atomic E-state index is 0.369. The van der Waals surface area contributed by atoms with Crippen molar-refractivity contribution >= 4 is 17.3 Å². The van der Waals surface area contributed by atoms with Gasteiger partial charge in [0, 0.05) is 23.3 Å². The summed E-state index contributed by atoms with van der Waals surface area (Å²) in [6.07, 6.45) is 6.28. The first-order valence-corrected chi connectivity index (χ1v) is 6.86. The third-order valence-corrected chi connectivity index (χ3v) is 3.16. The van der Waals surface area contributed by atoms with Gasteiger partial charge in [0.15, 0.2) is 0 Å². The first kappa shape index (κ1) is 14.3. The molecular weight excluding hydrogens is 232 g/mol. The summed E-state index contributed by atoms with van der Waals surface area (Å²) in [5.41, 5.74) is 6.87. The van der Waals surface area contributed by atoms with E-state index in [4.69, 9.17) is 17.3 Å². The molecule has 0 aliphatic carbocycles. The topological polar surface area (TPSA) is 38.0 Å². The number of unbranched alkanes of at least 4 members (excludes halogenated alkanes) is 3. The summed E-state index contributed by atoms with van der Waals surface area (Å²) in [6.45, 7) is 2.90. The van der Waals surface area contributed by atoms with Crippen LogP contribution in [0, 0.1) is 0 Å². The Morgan fingerprint density at radius 2 is 1.88 bits per heavy atom. The van der Waals surface area contributed by atoms with E-state index in [0.717, 1.165) is 17.1 Å². The lowest BCUT2D eigenvalue weighted by atomic mass is 10.1. The standard InChI is InChI=1S/C14H23ClN2/c1-2-3-4-5-6-14(11-16)17-13-9-7-12(15)8-10-13/h7-10,14,17H,2-6,11,16H2,1H3. The molecule has 1 aromatic rings. The van der Waals surface area contributed by atoms with Gasteiger partial charge in [-0.25, -0.2) is 0 Å². The molecule has 0 saturated heterocycles. The van der Waals surface area contributed by atoms with Crippen molar-refractivity contribution in [3.63, 3.8) is 0 Å². The van der Waals surface area contributed by atoms with Gasteiger partial charge >= 0.3 is 0 Å². The van der Waals surface area contributed by atoms with Crippen LogP contribution in [0.5, 0.6) is 0 Å². The molecule has 0 bridgehead atoms. The van der Waals surface area contributed by atoms with Crippen LogP contribution in [0.2, 0.25) is 5.02 Å². The highest BCUT2D eigenvalue weighted by Crippen LogP contribution is 2.15. The van der Waals surface area contributed by atoms with Crippen LogP contribution in [0.1, 0.15) is 39.0 Å². The third-order valence-electron chi connectivity index (χ3n) is 2.91. The van der Waals surface area contributed by atoms with Gasteiger partial charge in [0.05, 0.1) is 0 Å². The molecule has 3 N–H and O–H groups in total. The number of halogens is 1. The molecule has 0 aliphatic rings. The van der Waals surface area contributed by atoms with E-state index in [1.165, 1.54) is 25.7 Å². The second-order valence-corrected chi connectivity index (χ2v) is 4.87. The molecule has 1 atom stereocenters. The Bertz CT molecular complexity index is 298. The molecule has 0 radical (unpaired) electrons. The Kier molecular flexibility index (Phi) is 7.06. The number of nitrogens with one attached hydrogen (secondary N) is 1. The van der Waals surface area contributed by atoms with Crippen molar-refractivity contribution in [1.29, 1.82) is 0 Å². The third kappa shape index (κ3) is 5.94. The van der Waals surface area contributed by atoms with Gasteiger partial charge in [-0.3, -0.25) is 0 Å². The van der Waals surface area contributed by atoms with Gasteiger partial charge in [-0.05, 0) is 30.7 Å². The maximum Gasteiger partial charge on any atom is 0.0407 e. The van der Waals surface area contributed by atoms with Gasteiger partial charge in [-0.1, -0.05) is 44.2 Å². The zero-order valence-electron chi connectivity index (χ0n) is 10.6. The molecule has 1 rings (SSSR count). The zero-order valence-corrected chi connectivity index (χ0v) is 11.3. The van der Waals surface area contributed by atoms with E-state index in [1.54, 1.807) is 0 Å². The minimum atomic E-state index is 0.369. The molecule has 96 valence electrons. The SMILES string of the molecule is CCCCCCC(CN)Nc1ccc(Cl)cc1. The van der Waals surface area contributed by atoms with Crippen molar-refractivity contribution < 1.29 is 0 Å². The van der Waals surface area contributed by atoms with Crippen LogP contribution < -0.4 is 11.1 Å². The van der Waals surface area contributed by atoms with Crippen molar-refractivity contribution in [2.45, 2.75) is 45.1 Å². The molecule has 0 amide bonds. The fourth-order valence-electron chi connectivity index (χ4n) is 1.85. The molecule has 2 nitrogen and oxygen atoms in total. The number of anilines is 1. The van der Waals surface area contributed by atoms with Crippen LogP contribution in [0.25, 0.3) is 0 Å². The molecule has 0 spiro atoms. The minimum Gasteiger partial charge on any atom is -0.381 e. The van der Waals surface area contributed by atoms with Crippen molar-refractivity contribution in [2.75, 3.05) is 11.9 Å². The molecule has 17 heavy (non-hydrogen) atoms. The van der Waals surface area contributed by atoms with Crippen molar-refractivity contribution in [2.24, 2.45) is 5.73 Å². The number of rotatable bonds is 8. The van der Waals surface area contributed by atoms with Crippen LogP contribution in [0.15, 0.2) is 24.3 Å². The highest BCUT2D eigenvalue weighted by atomic mass is 35.5. The predicted molar refractivity (Wildman–Crippen MR) is 76.7 cm³/mol. The smallest absolute Gasteiger partial charge is 0.0407 e. The van der Waals surface area contributed by atoms with Crippen LogP contribution in [-0.4, -0.2) is 12.6 Å². The van der Waals surface area contributed by atoms with Crippen LogP contribution >= 0.6 is 11.6 Å². The van der Waals surface area contributed by atoms with Crippen molar-refractivity contribution in [3.8, 4) is 0 Å². The fourth-order valence-corrected chi connectivity index (χ4v) is 1.97. The maximum atomic E-state index is 5.85. The Morgan fingerprint density at radius 3 is 2.47 bits per heavy atom. The monoisotopic (exact) mass is 254 g/mol. The Hall–Kier alpha value is -0.730. The van der Waals surface area contributed by atoms with Crippen LogP contribution in [0.4, 0.5) is 5.69 Å². The molecule has 0 aromatic heterocycles. The summed E-state index contributed by atoms with van der Waals surface area (Å²) < 4.78 is 0. The lowest BCUT2D eigenvalue weighted by Crippen LogP contribution is -2.28. The van der Waals surface area contributed by atoms with E-state index < -0.39 is 0 Å². The predicted octanol–water partition coefficient (Wildman–Crippen LogP) is 4.05. The van der Waals surface area contributed by atoms with Crippen molar-refractivity contribution in [1.82, 2.24) is 0 Å². The number of benzene rings is 1. The number of nitrogens with two attached hydrogens (primary N) is 1. The molecule has 0 fully saturated rings. The summed E-state index contributed by atoms with van der Waals surface area (Å²) in [5.74, 6) is 0. The molecular formula is C14H23ClN2. The molecule has 0 saturated carbocycles. The van der Waals surface area contributed by atoms with Crippen LogP contribution in [-0.2, 0) is 0 Å². The summed E-state index contributed by atoms with van der Waals surface area (Å²) in [6, 6.07) is 8.16.